The minimum absolute atomic E-state index is 0.210. The Kier molecular flexibility index (Phi) is 5.10. The van der Waals surface area contributed by atoms with E-state index in [1.807, 2.05) is 6.92 Å². The average molecular weight is 441 g/mol. The lowest BCUT2D eigenvalue weighted by molar-refractivity contribution is 0.602. The van der Waals surface area contributed by atoms with Gasteiger partial charge in [0, 0.05) is 30.6 Å². The maximum atomic E-state index is 14.4. The molecule has 0 saturated heterocycles. The molecule has 0 bridgehead atoms. The normalized spacial score (nSPS) is 11.6. The van der Waals surface area contributed by atoms with Crippen LogP contribution in [-0.4, -0.2) is 41.9 Å². The Bertz CT molecular complexity index is 1420. The molecule has 0 saturated carbocycles. The minimum Gasteiger partial charge on any atom is -0.372 e. The topological polar surface area (TPSA) is 113 Å². The van der Waals surface area contributed by atoms with E-state index in [0.717, 1.165) is 11.8 Å². The second-order valence-corrected chi connectivity index (χ2v) is 9.34. The fourth-order valence-corrected chi connectivity index (χ4v) is 4.07. The summed E-state index contributed by atoms with van der Waals surface area (Å²) in [6, 6.07) is 8.44. The molecule has 0 aliphatic carbocycles. The van der Waals surface area contributed by atoms with Gasteiger partial charge in [-0.15, -0.1) is 0 Å². The van der Waals surface area contributed by atoms with Crippen LogP contribution in [0.3, 0.4) is 0 Å². The van der Waals surface area contributed by atoms with Crippen molar-refractivity contribution in [2.75, 3.05) is 23.9 Å². The van der Waals surface area contributed by atoms with Crippen LogP contribution in [0.4, 0.5) is 21.8 Å². The Balaban J connectivity index is 1.74. The average Bonchev–Trinajstić information content (AvgIpc) is 3.14. The van der Waals surface area contributed by atoms with E-state index in [0.29, 0.717) is 33.7 Å². The van der Waals surface area contributed by atoms with Crippen LogP contribution in [-0.2, 0) is 9.84 Å². The van der Waals surface area contributed by atoms with Crippen LogP contribution in [0.15, 0.2) is 41.4 Å². The largest absolute Gasteiger partial charge is 0.372 e. The van der Waals surface area contributed by atoms with Crippen molar-refractivity contribution in [2.24, 2.45) is 0 Å². The zero-order valence-corrected chi connectivity index (χ0v) is 18.2. The first-order valence-electron chi connectivity index (χ1n) is 9.44. The third kappa shape index (κ3) is 3.93. The lowest BCUT2D eigenvalue weighted by Crippen LogP contribution is -2.04. The number of nitrogens with zero attached hydrogens (tertiary/aromatic N) is 3. The second kappa shape index (κ2) is 7.62. The summed E-state index contributed by atoms with van der Waals surface area (Å²) in [5, 5.41) is 13.7. The molecule has 160 valence electrons. The second-order valence-electron chi connectivity index (χ2n) is 7.33. The lowest BCUT2D eigenvalue weighted by Gasteiger charge is -2.11. The molecule has 4 rings (SSSR count). The van der Waals surface area contributed by atoms with Gasteiger partial charge in [-0.05, 0) is 43.2 Å². The van der Waals surface area contributed by atoms with E-state index in [-0.39, 0.29) is 22.2 Å². The quantitative estimate of drug-likeness (QED) is 0.430. The number of benzene rings is 2. The smallest absolute Gasteiger partial charge is 0.229 e. The number of aromatic amines is 1. The highest BCUT2D eigenvalue weighted by molar-refractivity contribution is 7.90. The van der Waals surface area contributed by atoms with E-state index in [9.17, 15) is 12.8 Å². The number of aromatic nitrogens is 4. The van der Waals surface area contributed by atoms with Gasteiger partial charge in [0.25, 0.3) is 0 Å². The summed E-state index contributed by atoms with van der Waals surface area (Å²) in [5.41, 5.74) is 3.34. The molecule has 0 aliphatic rings. The summed E-state index contributed by atoms with van der Waals surface area (Å²) in [6.07, 6.45) is 2.76. The van der Waals surface area contributed by atoms with Gasteiger partial charge in [0.2, 0.25) is 5.95 Å². The first-order chi connectivity index (χ1) is 14.7. The highest BCUT2D eigenvalue weighted by Crippen LogP contribution is 2.33. The standard InChI is InChI=1S/C21H21FN6O2S/c1-11-7-13(9-14(8-11)31(4,29)30)25-21-24-10-16(20(23-3)26-21)18-15-6-5-12(2)17(22)19(15)28-27-18/h5-10H,1-4H3,(H,27,28)(H2,23,24,25,26). The number of fused-ring (bicyclic) bond motifs is 1. The molecule has 10 heteroatoms. The Morgan fingerprint density at radius 3 is 2.61 bits per heavy atom. The van der Waals surface area contributed by atoms with Crippen molar-refractivity contribution < 1.29 is 12.8 Å². The molecule has 2 heterocycles. The molecule has 4 aromatic rings. The lowest BCUT2D eigenvalue weighted by atomic mass is 10.1. The third-order valence-corrected chi connectivity index (χ3v) is 5.98. The zero-order valence-electron chi connectivity index (χ0n) is 17.4. The molecular weight excluding hydrogens is 419 g/mol. The van der Waals surface area contributed by atoms with Crippen LogP contribution in [0.25, 0.3) is 22.2 Å². The van der Waals surface area contributed by atoms with Crippen molar-refractivity contribution in [1.82, 2.24) is 20.2 Å². The summed E-state index contributed by atoms with van der Waals surface area (Å²) >= 11 is 0. The molecule has 2 aromatic heterocycles. The van der Waals surface area contributed by atoms with Crippen molar-refractivity contribution in [3.05, 3.63) is 53.5 Å². The van der Waals surface area contributed by atoms with E-state index < -0.39 is 9.84 Å². The molecule has 0 spiro atoms. The Morgan fingerprint density at radius 1 is 1.13 bits per heavy atom. The summed E-state index contributed by atoms with van der Waals surface area (Å²) in [7, 11) is -1.64. The number of rotatable bonds is 5. The van der Waals surface area contributed by atoms with Gasteiger partial charge in [-0.2, -0.15) is 10.1 Å². The highest BCUT2D eigenvalue weighted by Gasteiger charge is 2.17. The molecule has 0 radical (unpaired) electrons. The third-order valence-electron chi connectivity index (χ3n) is 4.89. The monoisotopic (exact) mass is 440 g/mol. The molecule has 0 amide bonds. The first-order valence-corrected chi connectivity index (χ1v) is 11.3. The number of H-pyrrole nitrogens is 1. The minimum atomic E-state index is -3.35. The van der Waals surface area contributed by atoms with Gasteiger partial charge in [-0.1, -0.05) is 12.1 Å². The first kappa shape index (κ1) is 20.7. The number of sulfone groups is 1. The Hall–Kier alpha value is -3.53. The maximum absolute atomic E-state index is 14.4. The number of hydrogen-bond donors (Lipinski definition) is 3. The van der Waals surface area contributed by atoms with Gasteiger partial charge >= 0.3 is 0 Å². The molecule has 3 N–H and O–H groups in total. The van der Waals surface area contributed by atoms with Crippen molar-refractivity contribution in [3.63, 3.8) is 0 Å². The summed E-state index contributed by atoms with van der Waals surface area (Å²) < 4.78 is 38.2. The van der Waals surface area contributed by atoms with E-state index in [1.54, 1.807) is 44.4 Å². The molecule has 2 aromatic carbocycles. The number of aryl methyl sites for hydroxylation is 2. The highest BCUT2D eigenvalue weighted by atomic mass is 32.2. The molecule has 0 atom stereocenters. The predicted octanol–water partition coefficient (Wildman–Crippen LogP) is 3.96. The van der Waals surface area contributed by atoms with Gasteiger partial charge in [-0.3, -0.25) is 5.10 Å². The van der Waals surface area contributed by atoms with E-state index in [1.165, 1.54) is 6.07 Å². The van der Waals surface area contributed by atoms with Gasteiger partial charge in [-0.25, -0.2) is 17.8 Å². The number of anilines is 3. The summed E-state index contributed by atoms with van der Waals surface area (Å²) in [4.78, 5) is 9.05. The van der Waals surface area contributed by atoms with Crippen molar-refractivity contribution in [2.45, 2.75) is 18.7 Å². The van der Waals surface area contributed by atoms with Gasteiger partial charge < -0.3 is 10.6 Å². The van der Waals surface area contributed by atoms with Gasteiger partial charge in [0.15, 0.2) is 15.7 Å². The van der Waals surface area contributed by atoms with Crippen LogP contribution < -0.4 is 10.6 Å². The predicted molar refractivity (Wildman–Crippen MR) is 119 cm³/mol. The number of nitrogens with one attached hydrogen (secondary N) is 3. The summed E-state index contributed by atoms with van der Waals surface area (Å²) in [5.74, 6) is 0.412. The van der Waals surface area contributed by atoms with Crippen LogP contribution >= 0.6 is 0 Å². The van der Waals surface area contributed by atoms with E-state index >= 15 is 0 Å². The van der Waals surface area contributed by atoms with Crippen molar-refractivity contribution in [3.8, 4) is 11.3 Å². The van der Waals surface area contributed by atoms with Gasteiger partial charge in [0.1, 0.15) is 11.3 Å². The molecular formula is C21H21FN6O2S. The molecule has 0 fully saturated rings. The van der Waals surface area contributed by atoms with Crippen molar-refractivity contribution >= 4 is 38.2 Å². The molecule has 0 aliphatic heterocycles. The molecule has 8 nitrogen and oxygen atoms in total. The van der Waals surface area contributed by atoms with Crippen LogP contribution in [0.2, 0.25) is 0 Å². The van der Waals surface area contributed by atoms with Crippen molar-refractivity contribution in [1.29, 1.82) is 0 Å². The fourth-order valence-electron chi connectivity index (χ4n) is 3.33. The molecule has 0 unspecified atom stereocenters. The number of halogens is 1. The fraction of sp³-hybridized carbons (Fsp3) is 0.190. The maximum Gasteiger partial charge on any atom is 0.229 e. The van der Waals surface area contributed by atoms with Crippen LogP contribution in [0, 0.1) is 19.7 Å². The SMILES string of the molecule is CNc1nc(Nc2cc(C)cc(S(C)(=O)=O)c2)ncc1-c1[nH]nc2c(F)c(C)ccc12. The van der Waals surface area contributed by atoms with Crippen LogP contribution in [0.1, 0.15) is 11.1 Å². The zero-order chi connectivity index (χ0) is 22.3. The van der Waals surface area contributed by atoms with E-state index in [2.05, 4.69) is 30.8 Å². The van der Waals surface area contributed by atoms with Crippen LogP contribution in [0.5, 0.6) is 0 Å². The van der Waals surface area contributed by atoms with Gasteiger partial charge in [0.05, 0.1) is 16.2 Å². The number of hydrogen-bond acceptors (Lipinski definition) is 7. The Labute approximate surface area is 178 Å². The summed E-state index contributed by atoms with van der Waals surface area (Å²) in [6.45, 7) is 3.50. The molecule has 31 heavy (non-hydrogen) atoms. The van der Waals surface area contributed by atoms with E-state index in [4.69, 9.17) is 0 Å². The Morgan fingerprint density at radius 2 is 1.90 bits per heavy atom.